The molecule has 2 unspecified atom stereocenters. The van der Waals surface area contributed by atoms with Gasteiger partial charge < -0.3 is 54.7 Å². The van der Waals surface area contributed by atoms with E-state index in [9.17, 15) is 19.8 Å². The molecule has 2 aromatic carbocycles. The summed E-state index contributed by atoms with van der Waals surface area (Å²) in [5.41, 5.74) is 14.8. The number of carbonyl (C=O) groups is 2. The predicted molar refractivity (Wildman–Crippen MR) is 288 cm³/mol. The number of nitrogens with zero attached hydrogens (tertiary/aromatic N) is 9. The lowest BCUT2D eigenvalue weighted by molar-refractivity contribution is -0.141. The van der Waals surface area contributed by atoms with E-state index in [4.69, 9.17) is 24.5 Å². The number of thiazole rings is 1. The van der Waals surface area contributed by atoms with E-state index in [1.807, 2.05) is 93.1 Å². The van der Waals surface area contributed by atoms with Crippen molar-refractivity contribution in [2.24, 2.45) is 5.92 Å². The molecule has 19 nitrogen and oxygen atoms in total. The summed E-state index contributed by atoms with van der Waals surface area (Å²) in [7, 11) is 0. The maximum absolute atomic E-state index is 14.1. The number of phenols is 1. The van der Waals surface area contributed by atoms with Crippen LogP contribution in [0.1, 0.15) is 74.6 Å². The maximum atomic E-state index is 14.1. The van der Waals surface area contributed by atoms with Crippen LogP contribution in [0, 0.1) is 24.7 Å². The number of anilines is 3. The van der Waals surface area contributed by atoms with Gasteiger partial charge in [0.25, 0.3) is 5.88 Å². The van der Waals surface area contributed by atoms with E-state index in [-0.39, 0.29) is 79.8 Å². The zero-order chi connectivity index (χ0) is 53.2. The number of aryl methyl sites for hydroxylation is 1. The first-order chi connectivity index (χ1) is 37.4. The van der Waals surface area contributed by atoms with E-state index >= 15 is 0 Å². The van der Waals surface area contributed by atoms with Gasteiger partial charge in [0.1, 0.15) is 41.4 Å². The molecule has 5 aromatic heterocycles. The molecule has 1 saturated carbocycles. The van der Waals surface area contributed by atoms with Gasteiger partial charge in [-0.1, -0.05) is 56.2 Å². The number of hydrogen-bond acceptors (Lipinski definition) is 18. The molecule has 3 saturated heterocycles. The van der Waals surface area contributed by atoms with Gasteiger partial charge in [-0.05, 0) is 84.3 Å². The van der Waals surface area contributed by atoms with Gasteiger partial charge >= 0.3 is 0 Å². The number of phenolic OH excluding ortho intramolecular Hbond substituents is 1. The Morgan fingerprint density at radius 2 is 1.70 bits per heavy atom. The van der Waals surface area contributed by atoms with Crippen LogP contribution in [0.15, 0.2) is 107 Å². The summed E-state index contributed by atoms with van der Waals surface area (Å²) in [6.07, 6.45) is 6.20. The molecule has 8 heterocycles. The van der Waals surface area contributed by atoms with Crippen LogP contribution in [0.5, 0.6) is 23.3 Å². The third-order valence-electron chi connectivity index (χ3n) is 14.7. The number of nitrogen functional groups attached to an aromatic ring is 1. The fourth-order valence-electron chi connectivity index (χ4n) is 10.8. The smallest absolute Gasteiger partial charge is 0.255 e. The molecule has 5 atom stereocenters. The van der Waals surface area contributed by atoms with Gasteiger partial charge in [0.05, 0.1) is 39.8 Å². The lowest BCUT2D eigenvalue weighted by atomic mass is 9.91. The van der Waals surface area contributed by atoms with Crippen molar-refractivity contribution >= 4 is 40.3 Å². The fraction of sp³-hybridized carbons (Fsp3) is 0.368. The minimum atomic E-state index is -0.843. The van der Waals surface area contributed by atoms with Gasteiger partial charge in [-0.15, -0.1) is 21.5 Å². The van der Waals surface area contributed by atoms with Gasteiger partial charge in [-0.2, -0.15) is 0 Å². The number of nitrogens with two attached hydrogens (primary N) is 1. The summed E-state index contributed by atoms with van der Waals surface area (Å²) in [5, 5.41) is 36.6. The number of aliphatic hydroxyl groups excluding tert-OH is 1. The van der Waals surface area contributed by atoms with Crippen molar-refractivity contribution in [3.8, 4) is 56.8 Å². The monoisotopic (exact) mass is 1060 g/mol. The highest BCUT2D eigenvalue weighted by atomic mass is 32.1. The highest BCUT2D eigenvalue weighted by Gasteiger charge is 2.44. The summed E-state index contributed by atoms with van der Waals surface area (Å²) in [6, 6.07) is 25.9. The molecule has 1 aliphatic carbocycles. The molecule has 396 valence electrons. The first kappa shape index (κ1) is 50.9. The number of para-hydroxylation sites is 1. The van der Waals surface area contributed by atoms with Gasteiger partial charge in [0, 0.05) is 87.1 Å². The number of carbonyl (C=O) groups excluding carboxylic acids is 2. The minimum absolute atomic E-state index is 0.0111. The standard InChI is InChI=1S/C57H59N11O8S/c1-33(2)53(57(72)67-31-41(69)22-48(67)56(71)61-27-35-10-12-36(13-11-35)54-34(3)62-32-77-54)50-26-52(65-76-50)73-20-6-7-37-14-17-42(28-60-37)74-43-23-44(24-43)75-51-21-38(18-19-59-51)68-39-15-16-40(68)30-66(29-39)47-25-46(63-64-55(47)58)45-8-4-5-9-49(45)70/h4-5,8-14,17-19,21,25-26,28,32-33,39-41,43-44,48,53,69-70H,15-16,20,22-24,27,29-31H2,1-3H3,(H2,58,64)(H,61,71)/t39?,40?,41-,43-,44-,48+,53-/m1/s1. The predicted octanol–water partition coefficient (Wildman–Crippen LogP) is 6.94. The van der Waals surface area contributed by atoms with Gasteiger partial charge in [-0.3, -0.25) is 9.59 Å². The molecule has 11 rings (SSSR count). The Hall–Kier alpha value is -8.28. The number of pyridine rings is 2. The largest absolute Gasteiger partial charge is 0.507 e. The van der Waals surface area contributed by atoms with Crippen molar-refractivity contribution in [2.45, 2.75) is 102 Å². The molecule has 5 N–H and O–H groups in total. The van der Waals surface area contributed by atoms with Gasteiger partial charge in [-0.25, -0.2) is 15.0 Å². The first-order valence-electron chi connectivity index (χ1n) is 25.9. The lowest BCUT2D eigenvalue weighted by Gasteiger charge is -2.43. The van der Waals surface area contributed by atoms with Crippen molar-refractivity contribution < 1.29 is 38.5 Å². The molecule has 0 spiro atoms. The summed E-state index contributed by atoms with van der Waals surface area (Å²) in [6.45, 7) is 7.58. The number of aromatic nitrogens is 6. The zero-order valence-electron chi connectivity index (χ0n) is 42.9. The molecule has 77 heavy (non-hydrogen) atoms. The topological polar surface area (TPSA) is 241 Å². The van der Waals surface area contributed by atoms with E-state index in [2.05, 4.69) is 57.3 Å². The van der Waals surface area contributed by atoms with E-state index in [0.717, 1.165) is 59.0 Å². The average Bonchev–Trinajstić information content (AvgIpc) is 4.30. The summed E-state index contributed by atoms with van der Waals surface area (Å²) < 4.78 is 23.9. The van der Waals surface area contributed by atoms with E-state index in [1.165, 1.54) is 4.90 Å². The number of benzene rings is 2. The van der Waals surface area contributed by atoms with Crippen molar-refractivity contribution in [1.82, 2.24) is 40.5 Å². The molecule has 7 aromatic rings. The maximum Gasteiger partial charge on any atom is 0.255 e. The van der Waals surface area contributed by atoms with Gasteiger partial charge in [0.15, 0.2) is 18.2 Å². The van der Waals surface area contributed by atoms with Crippen LogP contribution in [0.4, 0.5) is 17.2 Å². The molecular weight excluding hydrogens is 999 g/mol. The Balaban J connectivity index is 0.623. The third-order valence-corrected chi connectivity index (χ3v) is 15.7. The van der Waals surface area contributed by atoms with Crippen LogP contribution in [-0.2, 0) is 16.1 Å². The van der Waals surface area contributed by atoms with Crippen LogP contribution < -0.4 is 35.1 Å². The number of nitrogens with one attached hydrogen (secondary N) is 1. The number of likely N-dealkylation sites (tertiary alicyclic amines) is 1. The number of piperazine rings is 1. The molecular formula is C57H59N11O8S. The van der Waals surface area contributed by atoms with Crippen LogP contribution in [0.25, 0.3) is 21.7 Å². The highest BCUT2D eigenvalue weighted by Crippen LogP contribution is 2.41. The minimum Gasteiger partial charge on any atom is -0.507 e. The second-order valence-corrected chi connectivity index (χ2v) is 21.2. The number of amides is 2. The Bertz CT molecular complexity index is 3290. The number of fused-ring (bicyclic) bond motifs is 2. The second kappa shape index (κ2) is 22.1. The highest BCUT2D eigenvalue weighted by molar-refractivity contribution is 7.13. The SMILES string of the molecule is Cc1ncsc1-c1ccc(CNC(=O)[C@@H]2C[C@@H](O)CN2C(=O)[C@@H](c2cc(OCC#Cc3ccc(O[C@H]4C[C@H](Oc5cc(N6C7CCC6CN(c6cc(-c8ccccc8O)nnc6N)C7)ccn5)C4)cn3)no2)C(C)C)cc1. The fourth-order valence-corrected chi connectivity index (χ4v) is 11.6. The summed E-state index contributed by atoms with van der Waals surface area (Å²) in [5.74, 6) is 6.48. The molecule has 2 bridgehead atoms. The summed E-state index contributed by atoms with van der Waals surface area (Å²) >= 11 is 1.58. The van der Waals surface area contributed by atoms with E-state index < -0.39 is 18.1 Å². The molecule has 2 amide bonds. The van der Waals surface area contributed by atoms with E-state index in [0.29, 0.717) is 53.0 Å². The van der Waals surface area contributed by atoms with Crippen LogP contribution in [-0.4, -0.2) is 120 Å². The van der Waals surface area contributed by atoms with Crippen molar-refractivity contribution in [3.63, 3.8) is 0 Å². The Kier molecular flexibility index (Phi) is 14.6. The Labute approximate surface area is 449 Å². The molecule has 4 fully saturated rings. The molecule has 3 aliphatic heterocycles. The third kappa shape index (κ3) is 11.2. The molecule has 20 heteroatoms. The van der Waals surface area contributed by atoms with Crippen LogP contribution in [0.2, 0.25) is 0 Å². The number of aliphatic hydroxyl groups is 1. The first-order valence-corrected chi connectivity index (χ1v) is 26.8. The lowest BCUT2D eigenvalue weighted by Crippen LogP contribution is -2.54. The van der Waals surface area contributed by atoms with Crippen molar-refractivity contribution in [1.29, 1.82) is 0 Å². The van der Waals surface area contributed by atoms with Gasteiger partial charge in [0.2, 0.25) is 17.7 Å². The number of β-amino-alcohol motifs (C(OH)–C–C–N with tert-alkyl or cyclic N) is 1. The molecule has 4 aliphatic rings. The molecule has 0 radical (unpaired) electrons. The Morgan fingerprint density at radius 3 is 2.44 bits per heavy atom. The summed E-state index contributed by atoms with van der Waals surface area (Å²) in [4.78, 5) is 48.3. The van der Waals surface area contributed by atoms with Crippen LogP contribution >= 0.6 is 11.3 Å². The van der Waals surface area contributed by atoms with E-state index in [1.54, 1.807) is 41.8 Å². The normalized spacial score (nSPS) is 21.0. The number of ether oxygens (including phenoxy) is 3. The average molecular weight is 1060 g/mol. The zero-order valence-corrected chi connectivity index (χ0v) is 43.7. The van der Waals surface area contributed by atoms with Crippen molar-refractivity contribution in [2.75, 3.05) is 41.8 Å². The van der Waals surface area contributed by atoms with Crippen LogP contribution in [0.3, 0.4) is 0 Å². The van der Waals surface area contributed by atoms with Crippen molar-refractivity contribution in [3.05, 3.63) is 126 Å². The quantitative estimate of drug-likeness (QED) is 0.0717. The number of hydrogen-bond donors (Lipinski definition) is 4. The number of aromatic hydroxyl groups is 1. The number of rotatable bonds is 16. The second-order valence-electron chi connectivity index (χ2n) is 20.4. The Morgan fingerprint density at radius 1 is 0.909 bits per heavy atom.